The zero-order valence-corrected chi connectivity index (χ0v) is 21.1. The van der Waals surface area contributed by atoms with Crippen molar-refractivity contribution in [2.24, 2.45) is 0 Å². The molecule has 0 aliphatic carbocycles. The van der Waals surface area contributed by atoms with Crippen molar-refractivity contribution in [2.75, 3.05) is 0 Å². The van der Waals surface area contributed by atoms with Crippen LogP contribution >= 0.6 is 15.9 Å². The zero-order valence-electron chi connectivity index (χ0n) is 19.5. The van der Waals surface area contributed by atoms with Crippen molar-refractivity contribution in [1.29, 1.82) is 0 Å². The third-order valence-electron chi connectivity index (χ3n) is 5.81. The third kappa shape index (κ3) is 7.52. The fraction of sp³-hybridized carbons (Fsp3) is 0.286. The van der Waals surface area contributed by atoms with Crippen LogP contribution in [-0.4, -0.2) is 28.8 Å². The number of halogens is 2. The normalized spacial score (nSPS) is 12.6. The average Bonchev–Trinajstić information content (AvgIpc) is 2.84. The average molecular weight is 525 g/mol. The largest absolute Gasteiger partial charge is 0.352 e. The van der Waals surface area contributed by atoms with Gasteiger partial charge in [-0.05, 0) is 54.3 Å². The zero-order chi connectivity index (χ0) is 24.5. The molecule has 0 fully saturated rings. The van der Waals surface area contributed by atoms with E-state index in [4.69, 9.17) is 0 Å². The number of amides is 2. The van der Waals surface area contributed by atoms with E-state index in [0.29, 0.717) is 18.5 Å². The van der Waals surface area contributed by atoms with Crippen molar-refractivity contribution < 1.29 is 14.0 Å². The highest BCUT2D eigenvalue weighted by Crippen LogP contribution is 2.19. The second-order valence-corrected chi connectivity index (χ2v) is 9.39. The van der Waals surface area contributed by atoms with Crippen LogP contribution in [0.25, 0.3) is 0 Å². The third-order valence-corrected chi connectivity index (χ3v) is 6.34. The van der Waals surface area contributed by atoms with E-state index in [1.165, 1.54) is 12.1 Å². The molecule has 2 amide bonds. The summed E-state index contributed by atoms with van der Waals surface area (Å²) in [6.45, 7) is 4.26. The maximum Gasteiger partial charge on any atom is 0.243 e. The summed E-state index contributed by atoms with van der Waals surface area (Å²) in [6, 6.07) is 22.6. The molecule has 4 nitrogen and oxygen atoms in total. The number of hydrogen-bond donors (Lipinski definition) is 1. The lowest BCUT2D eigenvalue weighted by Gasteiger charge is -2.32. The molecule has 3 aromatic rings. The standard InChI is InChI=1S/C28H30BrFN2O2/c1-3-20(2)31-28(34)26(17-21-7-5-4-6-8-21)32(19-23-9-13-24(29)14-10-23)27(33)18-22-11-15-25(30)16-12-22/h4-16,20,26H,3,17-19H2,1-2H3,(H,31,34)/t20-,26-/m1/s1. The molecule has 3 rings (SSSR count). The van der Waals surface area contributed by atoms with Crippen LogP contribution in [0.5, 0.6) is 0 Å². The fourth-order valence-corrected chi connectivity index (χ4v) is 3.92. The highest BCUT2D eigenvalue weighted by molar-refractivity contribution is 9.10. The Morgan fingerprint density at radius 1 is 0.912 bits per heavy atom. The molecule has 1 N–H and O–H groups in total. The van der Waals surface area contributed by atoms with Gasteiger partial charge in [0.25, 0.3) is 0 Å². The maximum absolute atomic E-state index is 13.6. The van der Waals surface area contributed by atoms with Crippen LogP contribution in [0, 0.1) is 5.82 Å². The first-order valence-corrected chi connectivity index (χ1v) is 12.3. The van der Waals surface area contributed by atoms with Gasteiger partial charge in [0, 0.05) is 23.5 Å². The first-order valence-electron chi connectivity index (χ1n) is 11.5. The predicted octanol–water partition coefficient (Wildman–Crippen LogP) is 5.69. The van der Waals surface area contributed by atoms with Crippen LogP contribution in [0.3, 0.4) is 0 Å². The minimum atomic E-state index is -0.687. The van der Waals surface area contributed by atoms with Gasteiger partial charge in [0.15, 0.2) is 0 Å². The van der Waals surface area contributed by atoms with Crippen LogP contribution < -0.4 is 5.32 Å². The maximum atomic E-state index is 13.6. The van der Waals surface area contributed by atoms with E-state index in [9.17, 15) is 14.0 Å². The molecule has 0 unspecified atom stereocenters. The van der Waals surface area contributed by atoms with E-state index < -0.39 is 6.04 Å². The lowest BCUT2D eigenvalue weighted by molar-refractivity contribution is -0.141. The number of carbonyl (C=O) groups excluding carboxylic acids is 2. The minimum Gasteiger partial charge on any atom is -0.352 e. The van der Waals surface area contributed by atoms with Crippen LogP contribution in [-0.2, 0) is 29.0 Å². The summed E-state index contributed by atoms with van der Waals surface area (Å²) in [5.74, 6) is -0.713. The van der Waals surface area contributed by atoms with Gasteiger partial charge >= 0.3 is 0 Å². The molecule has 3 aromatic carbocycles. The van der Waals surface area contributed by atoms with Crippen molar-refractivity contribution in [1.82, 2.24) is 10.2 Å². The SMILES string of the molecule is CC[C@@H](C)NC(=O)[C@@H](Cc1ccccc1)N(Cc1ccc(Br)cc1)C(=O)Cc1ccc(F)cc1. The van der Waals surface area contributed by atoms with Gasteiger partial charge in [0.05, 0.1) is 6.42 Å². The van der Waals surface area contributed by atoms with E-state index in [2.05, 4.69) is 21.2 Å². The molecule has 0 aliphatic heterocycles. The Morgan fingerprint density at radius 3 is 2.15 bits per heavy atom. The monoisotopic (exact) mass is 524 g/mol. The Labute approximate surface area is 209 Å². The quantitative estimate of drug-likeness (QED) is 0.370. The molecule has 0 aliphatic rings. The lowest BCUT2D eigenvalue weighted by Crippen LogP contribution is -2.52. The summed E-state index contributed by atoms with van der Waals surface area (Å²) in [7, 11) is 0. The number of nitrogens with one attached hydrogen (secondary N) is 1. The van der Waals surface area contributed by atoms with Crippen molar-refractivity contribution in [3.05, 3.63) is 106 Å². The summed E-state index contributed by atoms with van der Waals surface area (Å²) in [5, 5.41) is 3.06. The molecule has 2 atom stereocenters. The molecular weight excluding hydrogens is 495 g/mol. The topological polar surface area (TPSA) is 49.4 Å². The van der Waals surface area contributed by atoms with Gasteiger partial charge < -0.3 is 10.2 Å². The lowest BCUT2D eigenvalue weighted by atomic mass is 10.0. The Kier molecular flexibility index (Phi) is 9.40. The summed E-state index contributed by atoms with van der Waals surface area (Å²) in [4.78, 5) is 28.7. The van der Waals surface area contributed by atoms with Crippen LogP contribution in [0.1, 0.15) is 37.0 Å². The molecular formula is C28H30BrFN2O2. The van der Waals surface area contributed by atoms with E-state index in [1.807, 2.05) is 68.4 Å². The van der Waals surface area contributed by atoms with Gasteiger partial charge in [-0.3, -0.25) is 9.59 Å². The molecule has 0 saturated heterocycles. The molecule has 34 heavy (non-hydrogen) atoms. The second kappa shape index (κ2) is 12.5. The smallest absolute Gasteiger partial charge is 0.243 e. The predicted molar refractivity (Wildman–Crippen MR) is 137 cm³/mol. The van der Waals surface area contributed by atoms with Gasteiger partial charge in [-0.1, -0.05) is 77.5 Å². The number of benzene rings is 3. The van der Waals surface area contributed by atoms with Crippen LogP contribution in [0.2, 0.25) is 0 Å². The molecule has 6 heteroatoms. The number of hydrogen-bond acceptors (Lipinski definition) is 2. The second-order valence-electron chi connectivity index (χ2n) is 8.47. The molecule has 0 saturated carbocycles. The van der Waals surface area contributed by atoms with Gasteiger partial charge in [0.1, 0.15) is 11.9 Å². The molecule has 0 aromatic heterocycles. The number of rotatable bonds is 10. The fourth-order valence-electron chi connectivity index (χ4n) is 3.66. The Hall–Kier alpha value is -2.99. The highest BCUT2D eigenvalue weighted by Gasteiger charge is 2.31. The van der Waals surface area contributed by atoms with E-state index in [-0.39, 0.29) is 30.1 Å². The summed E-state index contributed by atoms with van der Waals surface area (Å²) >= 11 is 3.45. The van der Waals surface area contributed by atoms with Crippen molar-refractivity contribution in [2.45, 2.75) is 51.7 Å². The summed E-state index contributed by atoms with van der Waals surface area (Å²) < 4.78 is 14.3. The Morgan fingerprint density at radius 2 is 1.53 bits per heavy atom. The Balaban J connectivity index is 1.95. The first kappa shape index (κ1) is 25.6. The minimum absolute atomic E-state index is 0.00694. The summed E-state index contributed by atoms with van der Waals surface area (Å²) in [5.41, 5.74) is 2.60. The van der Waals surface area contributed by atoms with Crippen molar-refractivity contribution >= 4 is 27.7 Å². The summed E-state index contributed by atoms with van der Waals surface area (Å²) in [6.07, 6.45) is 1.27. The Bertz CT molecular complexity index is 1070. The molecule has 0 spiro atoms. The van der Waals surface area contributed by atoms with Crippen molar-refractivity contribution in [3.8, 4) is 0 Å². The van der Waals surface area contributed by atoms with Gasteiger partial charge in [-0.2, -0.15) is 0 Å². The molecule has 178 valence electrons. The van der Waals surface area contributed by atoms with Crippen LogP contribution in [0.4, 0.5) is 4.39 Å². The van der Waals surface area contributed by atoms with Gasteiger partial charge in [-0.15, -0.1) is 0 Å². The van der Waals surface area contributed by atoms with E-state index in [0.717, 1.165) is 22.0 Å². The molecule has 0 heterocycles. The highest BCUT2D eigenvalue weighted by atomic mass is 79.9. The number of carbonyl (C=O) groups is 2. The van der Waals surface area contributed by atoms with Crippen LogP contribution in [0.15, 0.2) is 83.3 Å². The number of nitrogens with zero attached hydrogens (tertiary/aromatic N) is 1. The van der Waals surface area contributed by atoms with Gasteiger partial charge in [-0.25, -0.2) is 4.39 Å². The molecule has 0 radical (unpaired) electrons. The van der Waals surface area contributed by atoms with Crippen molar-refractivity contribution in [3.63, 3.8) is 0 Å². The van der Waals surface area contributed by atoms with E-state index in [1.54, 1.807) is 17.0 Å². The van der Waals surface area contributed by atoms with Gasteiger partial charge in [0.2, 0.25) is 11.8 Å². The first-order chi connectivity index (χ1) is 16.4. The van der Waals surface area contributed by atoms with E-state index >= 15 is 0 Å². The molecule has 0 bridgehead atoms.